The predicted molar refractivity (Wildman–Crippen MR) is 46.5 cm³/mol. The number of carbonyl (C=O) groups excluding carboxylic acids is 1. The van der Waals surface area contributed by atoms with Crippen molar-refractivity contribution in [2.45, 2.75) is 19.6 Å². The summed E-state index contributed by atoms with van der Waals surface area (Å²) in [5.74, 6) is -1.67. The molecular weight excluding hydrogens is 187 g/mol. The SMILES string of the molecule is CC1(C)OC(=O)c2cc(F)ccc2O1. The van der Waals surface area contributed by atoms with Gasteiger partial charge in [0.15, 0.2) is 0 Å². The molecule has 0 amide bonds. The number of ether oxygens (including phenoxy) is 2. The Hall–Kier alpha value is -1.58. The van der Waals surface area contributed by atoms with Crippen LogP contribution < -0.4 is 4.74 Å². The minimum absolute atomic E-state index is 0.129. The van der Waals surface area contributed by atoms with Gasteiger partial charge in [0, 0.05) is 13.8 Å². The van der Waals surface area contributed by atoms with Crippen molar-refractivity contribution in [3.63, 3.8) is 0 Å². The van der Waals surface area contributed by atoms with Gasteiger partial charge in [-0.3, -0.25) is 0 Å². The van der Waals surface area contributed by atoms with Crippen molar-refractivity contribution in [1.29, 1.82) is 0 Å². The topological polar surface area (TPSA) is 35.5 Å². The number of carbonyl (C=O) groups is 1. The van der Waals surface area contributed by atoms with Gasteiger partial charge in [0.05, 0.1) is 0 Å². The molecule has 1 aromatic carbocycles. The highest BCUT2D eigenvalue weighted by atomic mass is 19.1. The summed E-state index contributed by atoms with van der Waals surface area (Å²) in [6.45, 7) is 3.24. The van der Waals surface area contributed by atoms with E-state index in [1.807, 2.05) is 0 Å². The van der Waals surface area contributed by atoms with E-state index in [0.717, 1.165) is 6.07 Å². The molecule has 0 saturated carbocycles. The molecule has 0 atom stereocenters. The number of halogens is 1. The van der Waals surface area contributed by atoms with Crippen LogP contribution in [-0.4, -0.2) is 11.8 Å². The van der Waals surface area contributed by atoms with Gasteiger partial charge in [0.1, 0.15) is 17.1 Å². The Balaban J connectivity index is 2.50. The Morgan fingerprint density at radius 3 is 2.71 bits per heavy atom. The van der Waals surface area contributed by atoms with Gasteiger partial charge in [-0.1, -0.05) is 0 Å². The normalized spacial score (nSPS) is 18.1. The van der Waals surface area contributed by atoms with Crippen LogP contribution in [0.4, 0.5) is 4.39 Å². The van der Waals surface area contributed by atoms with Crippen LogP contribution in [0.1, 0.15) is 24.2 Å². The molecule has 0 fully saturated rings. The highest BCUT2D eigenvalue weighted by Gasteiger charge is 2.33. The molecule has 0 bridgehead atoms. The van der Waals surface area contributed by atoms with Crippen molar-refractivity contribution in [3.05, 3.63) is 29.6 Å². The van der Waals surface area contributed by atoms with Crippen LogP contribution in [0.2, 0.25) is 0 Å². The smallest absolute Gasteiger partial charge is 0.345 e. The summed E-state index contributed by atoms with van der Waals surface area (Å²) in [7, 11) is 0. The number of hydrogen-bond donors (Lipinski definition) is 0. The number of cyclic esters (lactones) is 1. The summed E-state index contributed by atoms with van der Waals surface area (Å²) in [6, 6.07) is 3.77. The summed E-state index contributed by atoms with van der Waals surface area (Å²) < 4.78 is 23.1. The summed E-state index contributed by atoms with van der Waals surface area (Å²) in [4.78, 5) is 11.4. The summed E-state index contributed by atoms with van der Waals surface area (Å²) in [6.07, 6.45) is 0. The number of hydrogen-bond acceptors (Lipinski definition) is 3. The van der Waals surface area contributed by atoms with E-state index in [2.05, 4.69) is 0 Å². The molecule has 0 aliphatic carbocycles. The quantitative estimate of drug-likeness (QED) is 0.596. The Labute approximate surface area is 80.4 Å². The summed E-state index contributed by atoms with van der Waals surface area (Å²) in [5.41, 5.74) is 0.129. The number of rotatable bonds is 0. The van der Waals surface area contributed by atoms with Gasteiger partial charge in [0.2, 0.25) is 5.79 Å². The highest BCUT2D eigenvalue weighted by Crippen LogP contribution is 2.31. The van der Waals surface area contributed by atoms with Gasteiger partial charge < -0.3 is 9.47 Å². The molecule has 0 saturated heterocycles. The maximum absolute atomic E-state index is 12.8. The largest absolute Gasteiger partial charge is 0.452 e. The van der Waals surface area contributed by atoms with Crippen molar-refractivity contribution in [2.24, 2.45) is 0 Å². The number of benzene rings is 1. The van der Waals surface area contributed by atoms with Gasteiger partial charge in [-0.15, -0.1) is 0 Å². The fourth-order valence-electron chi connectivity index (χ4n) is 1.31. The minimum Gasteiger partial charge on any atom is -0.452 e. The molecule has 0 unspecified atom stereocenters. The van der Waals surface area contributed by atoms with Crippen LogP contribution in [0.15, 0.2) is 18.2 Å². The molecule has 0 radical (unpaired) electrons. The average molecular weight is 196 g/mol. The number of esters is 1. The Bertz CT molecular complexity index is 398. The van der Waals surface area contributed by atoms with Crippen LogP contribution in [0.25, 0.3) is 0 Å². The van der Waals surface area contributed by atoms with Crippen molar-refractivity contribution < 1.29 is 18.7 Å². The number of fused-ring (bicyclic) bond motifs is 1. The molecule has 1 aliphatic rings. The first-order valence-electron chi connectivity index (χ1n) is 4.20. The second kappa shape index (κ2) is 2.70. The zero-order valence-corrected chi connectivity index (χ0v) is 7.83. The third kappa shape index (κ3) is 1.43. The second-order valence-electron chi connectivity index (χ2n) is 3.53. The Kier molecular flexibility index (Phi) is 1.74. The maximum atomic E-state index is 12.8. The van der Waals surface area contributed by atoms with Gasteiger partial charge in [-0.05, 0) is 18.2 Å². The van der Waals surface area contributed by atoms with E-state index in [-0.39, 0.29) is 5.56 Å². The monoisotopic (exact) mass is 196 g/mol. The van der Waals surface area contributed by atoms with Crippen molar-refractivity contribution in [3.8, 4) is 5.75 Å². The van der Waals surface area contributed by atoms with E-state index >= 15 is 0 Å². The molecule has 0 aromatic heterocycles. The molecule has 14 heavy (non-hydrogen) atoms. The Morgan fingerprint density at radius 2 is 2.00 bits per heavy atom. The van der Waals surface area contributed by atoms with Gasteiger partial charge in [-0.25, -0.2) is 9.18 Å². The zero-order valence-electron chi connectivity index (χ0n) is 7.83. The average Bonchev–Trinajstić information content (AvgIpc) is 2.05. The lowest BCUT2D eigenvalue weighted by Crippen LogP contribution is -2.38. The second-order valence-corrected chi connectivity index (χ2v) is 3.53. The third-order valence-corrected chi connectivity index (χ3v) is 1.86. The van der Waals surface area contributed by atoms with E-state index < -0.39 is 17.6 Å². The van der Waals surface area contributed by atoms with E-state index in [1.54, 1.807) is 13.8 Å². The predicted octanol–water partition coefficient (Wildman–Crippen LogP) is 2.11. The molecule has 0 spiro atoms. The van der Waals surface area contributed by atoms with Crippen LogP contribution in [0, 0.1) is 5.82 Å². The fraction of sp³-hybridized carbons (Fsp3) is 0.300. The standard InChI is InChI=1S/C10H9FO3/c1-10(2)13-8-4-3-6(11)5-7(8)9(12)14-10/h3-5H,1-2H3. The van der Waals surface area contributed by atoms with E-state index in [1.165, 1.54) is 12.1 Å². The fourth-order valence-corrected chi connectivity index (χ4v) is 1.31. The lowest BCUT2D eigenvalue weighted by atomic mass is 10.1. The molecular formula is C10H9FO3. The van der Waals surface area contributed by atoms with Crippen LogP contribution in [0.5, 0.6) is 5.75 Å². The van der Waals surface area contributed by atoms with Crippen molar-refractivity contribution >= 4 is 5.97 Å². The first-order chi connectivity index (χ1) is 6.48. The van der Waals surface area contributed by atoms with Gasteiger partial charge in [0.25, 0.3) is 0 Å². The molecule has 1 aromatic rings. The van der Waals surface area contributed by atoms with Gasteiger partial charge >= 0.3 is 5.97 Å². The molecule has 1 aliphatic heterocycles. The Morgan fingerprint density at radius 1 is 1.29 bits per heavy atom. The van der Waals surface area contributed by atoms with Crippen molar-refractivity contribution in [1.82, 2.24) is 0 Å². The maximum Gasteiger partial charge on any atom is 0.345 e. The van der Waals surface area contributed by atoms with Crippen molar-refractivity contribution in [2.75, 3.05) is 0 Å². The lowest BCUT2D eigenvalue weighted by molar-refractivity contribution is -0.127. The van der Waals surface area contributed by atoms with E-state index in [0.29, 0.717) is 5.75 Å². The highest BCUT2D eigenvalue weighted by molar-refractivity contribution is 5.93. The van der Waals surface area contributed by atoms with Crippen LogP contribution in [-0.2, 0) is 4.74 Å². The van der Waals surface area contributed by atoms with Crippen LogP contribution in [0.3, 0.4) is 0 Å². The van der Waals surface area contributed by atoms with E-state index in [4.69, 9.17) is 9.47 Å². The summed E-state index contributed by atoms with van der Waals surface area (Å²) in [5, 5.41) is 0. The molecule has 2 rings (SSSR count). The first kappa shape index (κ1) is 8.99. The third-order valence-electron chi connectivity index (χ3n) is 1.86. The minimum atomic E-state index is -0.984. The van der Waals surface area contributed by atoms with Crippen LogP contribution >= 0.6 is 0 Å². The first-order valence-corrected chi connectivity index (χ1v) is 4.20. The lowest BCUT2D eigenvalue weighted by Gasteiger charge is -2.31. The van der Waals surface area contributed by atoms with E-state index in [9.17, 15) is 9.18 Å². The molecule has 3 nitrogen and oxygen atoms in total. The molecule has 1 heterocycles. The molecule has 0 N–H and O–H groups in total. The molecule has 4 heteroatoms. The zero-order chi connectivity index (χ0) is 10.3. The summed E-state index contributed by atoms with van der Waals surface area (Å²) >= 11 is 0. The van der Waals surface area contributed by atoms with Gasteiger partial charge in [-0.2, -0.15) is 0 Å². The molecule has 74 valence electrons.